The van der Waals surface area contributed by atoms with Gasteiger partial charge < -0.3 is 14.2 Å². The van der Waals surface area contributed by atoms with Crippen molar-refractivity contribution < 1.29 is 19.0 Å². The minimum Gasteiger partial charge on any atom is -0.496 e. The number of fused-ring (bicyclic) bond motifs is 1. The van der Waals surface area contributed by atoms with E-state index in [-0.39, 0.29) is 5.78 Å². The Kier molecular flexibility index (Phi) is 5.11. The Balaban J connectivity index is 1.78. The Morgan fingerprint density at radius 3 is 2.67 bits per heavy atom. The summed E-state index contributed by atoms with van der Waals surface area (Å²) < 4.78 is 16.3. The van der Waals surface area contributed by atoms with Gasteiger partial charge in [0, 0.05) is 10.5 Å². The first-order valence-corrected chi connectivity index (χ1v) is 8.78. The van der Waals surface area contributed by atoms with Crippen molar-refractivity contribution >= 4 is 23.6 Å². The van der Waals surface area contributed by atoms with Gasteiger partial charge in [0.05, 0.1) is 7.11 Å². The highest BCUT2D eigenvalue weighted by Gasteiger charge is 2.13. The van der Waals surface area contributed by atoms with Gasteiger partial charge in [-0.3, -0.25) is 4.79 Å². The van der Waals surface area contributed by atoms with Gasteiger partial charge in [-0.15, -0.1) is 11.8 Å². The average Bonchev–Trinajstić information content (AvgIpc) is 2.65. The fraction of sp³-hybridized carbons (Fsp3) is 0.211. The predicted octanol–water partition coefficient (Wildman–Crippen LogP) is 4.08. The first-order valence-electron chi connectivity index (χ1n) is 7.55. The third kappa shape index (κ3) is 3.57. The molecule has 5 heteroatoms. The summed E-state index contributed by atoms with van der Waals surface area (Å²) >= 11 is 1.62. The molecular weight excluding hydrogens is 324 g/mol. The van der Waals surface area contributed by atoms with Gasteiger partial charge >= 0.3 is 0 Å². The van der Waals surface area contributed by atoms with E-state index in [0.717, 1.165) is 16.2 Å². The molecule has 4 nitrogen and oxygen atoms in total. The van der Waals surface area contributed by atoms with E-state index in [1.807, 2.05) is 24.5 Å². The molecule has 0 saturated carbocycles. The van der Waals surface area contributed by atoms with Crippen molar-refractivity contribution in [3.05, 3.63) is 53.6 Å². The van der Waals surface area contributed by atoms with Crippen LogP contribution in [-0.2, 0) is 0 Å². The number of carbonyl (C=O) groups is 1. The number of thioether (sulfide) groups is 1. The number of hydrogen-bond acceptors (Lipinski definition) is 5. The van der Waals surface area contributed by atoms with Crippen LogP contribution in [0, 0.1) is 0 Å². The van der Waals surface area contributed by atoms with E-state index in [2.05, 4.69) is 0 Å². The molecule has 1 heterocycles. The molecule has 24 heavy (non-hydrogen) atoms. The van der Waals surface area contributed by atoms with Gasteiger partial charge in [0.25, 0.3) is 0 Å². The Morgan fingerprint density at radius 1 is 1.12 bits per heavy atom. The molecule has 2 aromatic rings. The highest BCUT2D eigenvalue weighted by molar-refractivity contribution is 7.98. The van der Waals surface area contributed by atoms with Crippen LogP contribution in [0.4, 0.5) is 0 Å². The van der Waals surface area contributed by atoms with Crippen LogP contribution in [0.3, 0.4) is 0 Å². The highest BCUT2D eigenvalue weighted by Crippen LogP contribution is 2.31. The van der Waals surface area contributed by atoms with E-state index in [1.54, 1.807) is 49.2 Å². The van der Waals surface area contributed by atoms with E-state index in [9.17, 15) is 4.79 Å². The van der Waals surface area contributed by atoms with Crippen molar-refractivity contribution in [1.29, 1.82) is 0 Å². The van der Waals surface area contributed by atoms with Crippen LogP contribution in [-0.4, -0.2) is 32.4 Å². The maximum Gasteiger partial charge on any atom is 0.185 e. The van der Waals surface area contributed by atoms with Gasteiger partial charge in [-0.2, -0.15) is 0 Å². The minimum atomic E-state index is -0.0834. The molecule has 2 aromatic carbocycles. The SMILES string of the molecule is COc1cc(C=CC(=O)c2ccc3c(c2)OCCO3)ccc1SC. The van der Waals surface area contributed by atoms with Gasteiger partial charge in [-0.25, -0.2) is 0 Å². The summed E-state index contributed by atoms with van der Waals surface area (Å²) in [5, 5.41) is 0. The molecule has 0 fully saturated rings. The second-order valence-corrected chi connectivity index (χ2v) is 6.02. The fourth-order valence-electron chi connectivity index (χ4n) is 2.42. The number of methoxy groups -OCH3 is 1. The monoisotopic (exact) mass is 342 g/mol. The van der Waals surface area contributed by atoms with Crippen molar-refractivity contribution in [2.75, 3.05) is 26.6 Å². The maximum atomic E-state index is 12.4. The van der Waals surface area contributed by atoms with Crippen LogP contribution < -0.4 is 14.2 Å². The molecule has 0 aromatic heterocycles. The predicted molar refractivity (Wildman–Crippen MR) is 95.6 cm³/mol. The van der Waals surface area contributed by atoms with Crippen LogP contribution in [0.25, 0.3) is 6.08 Å². The Bertz CT molecular complexity index is 783. The molecule has 0 atom stereocenters. The normalized spacial score (nSPS) is 13.1. The third-order valence-corrected chi connectivity index (χ3v) is 4.44. The van der Waals surface area contributed by atoms with Crippen molar-refractivity contribution in [2.45, 2.75) is 4.90 Å². The van der Waals surface area contributed by atoms with Crippen LogP contribution in [0.1, 0.15) is 15.9 Å². The lowest BCUT2D eigenvalue weighted by Crippen LogP contribution is -2.15. The van der Waals surface area contributed by atoms with E-state index in [4.69, 9.17) is 14.2 Å². The van der Waals surface area contributed by atoms with E-state index in [0.29, 0.717) is 30.3 Å². The molecule has 0 N–H and O–H groups in total. The molecule has 0 radical (unpaired) electrons. The molecule has 0 bridgehead atoms. The Hall–Kier alpha value is -2.40. The molecule has 1 aliphatic heterocycles. The zero-order chi connectivity index (χ0) is 16.9. The maximum absolute atomic E-state index is 12.4. The third-order valence-electron chi connectivity index (χ3n) is 3.66. The Morgan fingerprint density at radius 2 is 1.92 bits per heavy atom. The lowest BCUT2D eigenvalue weighted by atomic mass is 10.1. The molecular formula is C19H18O4S. The zero-order valence-electron chi connectivity index (χ0n) is 13.6. The van der Waals surface area contributed by atoms with Crippen LogP contribution in [0.2, 0.25) is 0 Å². The van der Waals surface area contributed by atoms with E-state index >= 15 is 0 Å². The second kappa shape index (κ2) is 7.45. The summed E-state index contributed by atoms with van der Waals surface area (Å²) in [5.74, 6) is 2.02. The number of ketones is 1. The van der Waals surface area contributed by atoms with Crippen LogP contribution >= 0.6 is 11.8 Å². The molecule has 0 unspecified atom stereocenters. The summed E-state index contributed by atoms with van der Waals surface area (Å²) in [4.78, 5) is 13.4. The quantitative estimate of drug-likeness (QED) is 0.465. The molecule has 3 rings (SSSR count). The number of carbonyl (C=O) groups excluding carboxylic acids is 1. The first kappa shape index (κ1) is 16.5. The minimum absolute atomic E-state index is 0.0834. The van der Waals surface area contributed by atoms with Gasteiger partial charge in [0.1, 0.15) is 19.0 Å². The Labute approximate surface area is 145 Å². The second-order valence-electron chi connectivity index (χ2n) is 5.17. The van der Waals surface area contributed by atoms with Gasteiger partial charge in [0.15, 0.2) is 17.3 Å². The number of hydrogen-bond donors (Lipinski definition) is 0. The van der Waals surface area contributed by atoms with Gasteiger partial charge in [-0.1, -0.05) is 12.1 Å². The van der Waals surface area contributed by atoms with Crippen molar-refractivity contribution in [3.63, 3.8) is 0 Å². The largest absolute Gasteiger partial charge is 0.496 e. The fourth-order valence-corrected chi connectivity index (χ4v) is 2.97. The summed E-state index contributed by atoms with van der Waals surface area (Å²) in [6, 6.07) is 11.1. The molecule has 0 saturated heterocycles. The smallest absolute Gasteiger partial charge is 0.185 e. The summed E-state index contributed by atoms with van der Waals surface area (Å²) in [7, 11) is 1.64. The van der Waals surface area contributed by atoms with Crippen molar-refractivity contribution in [1.82, 2.24) is 0 Å². The van der Waals surface area contributed by atoms with E-state index in [1.165, 1.54) is 0 Å². The molecule has 1 aliphatic rings. The molecule has 124 valence electrons. The number of rotatable bonds is 5. The summed E-state index contributed by atoms with van der Waals surface area (Å²) in [6.45, 7) is 1.04. The highest BCUT2D eigenvalue weighted by atomic mass is 32.2. The van der Waals surface area contributed by atoms with Gasteiger partial charge in [-0.05, 0) is 48.2 Å². The zero-order valence-corrected chi connectivity index (χ0v) is 14.4. The van der Waals surface area contributed by atoms with E-state index < -0.39 is 0 Å². The number of benzene rings is 2. The first-order chi connectivity index (χ1) is 11.7. The molecule has 0 amide bonds. The lowest BCUT2D eigenvalue weighted by molar-refractivity contribution is 0.104. The van der Waals surface area contributed by atoms with Crippen LogP contribution in [0.5, 0.6) is 17.2 Å². The number of allylic oxidation sites excluding steroid dienone is 1. The van der Waals surface area contributed by atoms with Crippen molar-refractivity contribution in [2.24, 2.45) is 0 Å². The van der Waals surface area contributed by atoms with Gasteiger partial charge in [0.2, 0.25) is 0 Å². The summed E-state index contributed by atoms with van der Waals surface area (Å²) in [6.07, 6.45) is 5.34. The van der Waals surface area contributed by atoms with Crippen molar-refractivity contribution in [3.8, 4) is 17.2 Å². The molecule has 0 spiro atoms. The average molecular weight is 342 g/mol. The standard InChI is InChI=1S/C19H18O4S/c1-21-18-11-13(4-8-19(18)24-2)3-6-15(20)14-5-7-16-17(12-14)23-10-9-22-16/h3-8,11-12H,9-10H2,1-2H3. The lowest BCUT2D eigenvalue weighted by Gasteiger charge is -2.18. The number of ether oxygens (including phenoxy) is 3. The topological polar surface area (TPSA) is 44.8 Å². The van der Waals surface area contributed by atoms with Crippen LogP contribution in [0.15, 0.2) is 47.4 Å². The molecule has 0 aliphatic carbocycles. The summed E-state index contributed by atoms with van der Waals surface area (Å²) in [5.41, 5.74) is 1.48.